The summed E-state index contributed by atoms with van der Waals surface area (Å²) in [5, 5.41) is 4.97. The molecule has 0 saturated carbocycles. The Bertz CT molecular complexity index is 1230. The summed E-state index contributed by atoms with van der Waals surface area (Å²) in [5.41, 5.74) is 4.02. The van der Waals surface area contributed by atoms with Crippen LogP contribution >= 0.6 is 11.6 Å². The fourth-order valence-electron chi connectivity index (χ4n) is 5.13. The summed E-state index contributed by atoms with van der Waals surface area (Å²) in [7, 11) is 1.92. The molecule has 1 aromatic heterocycles. The third kappa shape index (κ3) is 5.42. The van der Waals surface area contributed by atoms with E-state index in [1.165, 1.54) is 4.68 Å². The molecule has 2 aliphatic rings. The molecule has 2 saturated heterocycles. The zero-order chi connectivity index (χ0) is 25.2. The van der Waals surface area contributed by atoms with Crippen LogP contribution in [-0.4, -0.2) is 58.8 Å². The number of nitrogens with zero attached hydrogens (tertiary/aromatic N) is 5. The number of anilines is 1. The molecule has 36 heavy (non-hydrogen) atoms. The Labute approximate surface area is 217 Å². The van der Waals surface area contributed by atoms with Crippen molar-refractivity contribution in [3.8, 4) is 5.75 Å². The molecular weight excluding hydrogens is 474 g/mol. The van der Waals surface area contributed by atoms with Gasteiger partial charge in [-0.3, -0.25) is 4.90 Å². The predicted molar refractivity (Wildman–Crippen MR) is 142 cm³/mol. The summed E-state index contributed by atoms with van der Waals surface area (Å²) >= 11 is 6.40. The number of fused-ring (bicyclic) bond motifs is 1. The molecule has 0 spiro atoms. The predicted octanol–water partition coefficient (Wildman–Crippen LogP) is 5.12. The quantitative estimate of drug-likeness (QED) is 0.446. The molecule has 0 radical (unpaired) electrons. The number of ether oxygens (including phenoxy) is 1. The topological polar surface area (TPSA) is 53.8 Å². The second-order valence-electron chi connectivity index (χ2n) is 9.91. The van der Waals surface area contributed by atoms with Gasteiger partial charge in [0.15, 0.2) is 0 Å². The van der Waals surface area contributed by atoms with Gasteiger partial charge in [0.25, 0.3) is 0 Å². The fraction of sp³-hybridized carbons (Fsp3) is 0.357. The lowest BCUT2D eigenvalue weighted by molar-refractivity contribution is 0.197. The smallest absolute Gasteiger partial charge is 0.344 e. The van der Waals surface area contributed by atoms with Crippen LogP contribution in [0.25, 0.3) is 0 Å². The number of aromatic nitrogens is 2. The lowest BCUT2D eigenvalue weighted by Gasteiger charge is -2.22. The van der Waals surface area contributed by atoms with Gasteiger partial charge in [-0.05, 0) is 48.1 Å². The maximum Gasteiger partial charge on any atom is 0.344 e. The summed E-state index contributed by atoms with van der Waals surface area (Å²) in [6, 6.07) is 16.0. The first kappa shape index (κ1) is 24.4. The highest BCUT2D eigenvalue weighted by Crippen LogP contribution is 2.33. The largest absolute Gasteiger partial charge is 0.489 e. The highest BCUT2D eigenvalue weighted by molar-refractivity contribution is 6.30. The zero-order valence-electron chi connectivity index (χ0n) is 20.8. The Kier molecular flexibility index (Phi) is 7.03. The summed E-state index contributed by atoms with van der Waals surface area (Å²) in [6.45, 7) is 10.6. The first-order valence-electron chi connectivity index (χ1n) is 12.3. The molecule has 3 aromatic rings. The minimum Gasteiger partial charge on any atom is -0.489 e. The lowest BCUT2D eigenvalue weighted by atomic mass is 10.0. The van der Waals surface area contributed by atoms with Crippen LogP contribution in [0.15, 0.2) is 73.2 Å². The van der Waals surface area contributed by atoms with E-state index in [2.05, 4.69) is 34.8 Å². The summed E-state index contributed by atoms with van der Waals surface area (Å²) in [4.78, 5) is 19.3. The number of halogens is 1. The molecular formula is C28H32ClN5O2. The molecule has 2 atom stereocenters. The number of carbonyl (C=O) groups is 1. The van der Waals surface area contributed by atoms with Crippen molar-refractivity contribution in [3.63, 3.8) is 0 Å². The summed E-state index contributed by atoms with van der Waals surface area (Å²) < 4.78 is 7.44. The minimum atomic E-state index is -0.0626. The normalized spacial score (nSPS) is 19.4. The Hall–Kier alpha value is -3.29. The Morgan fingerprint density at radius 3 is 2.53 bits per heavy atom. The standard InChI is InChI=1S/C28H32ClN5O2/c1-20(2)31(3)26-12-30-34(18-26)28(35)33-16-23-14-32(15-24(23)17-33)13-22-9-25(29)11-27(10-22)36-19-21-7-5-4-6-8-21/h4-12,18,23-24H,1,13-17,19H2,2-3H3. The van der Waals surface area contributed by atoms with Crippen molar-refractivity contribution in [1.29, 1.82) is 0 Å². The van der Waals surface area contributed by atoms with E-state index in [1.54, 1.807) is 12.4 Å². The zero-order valence-corrected chi connectivity index (χ0v) is 21.6. The molecule has 188 valence electrons. The maximum absolute atomic E-state index is 13.0. The van der Waals surface area contributed by atoms with E-state index in [-0.39, 0.29) is 6.03 Å². The molecule has 2 aliphatic heterocycles. The van der Waals surface area contributed by atoms with E-state index in [4.69, 9.17) is 16.3 Å². The molecule has 3 heterocycles. The van der Waals surface area contributed by atoms with E-state index < -0.39 is 0 Å². The van der Waals surface area contributed by atoms with Crippen LogP contribution in [-0.2, 0) is 13.2 Å². The van der Waals surface area contributed by atoms with Gasteiger partial charge in [0.05, 0.1) is 18.1 Å². The van der Waals surface area contributed by atoms with Gasteiger partial charge >= 0.3 is 6.03 Å². The number of allylic oxidation sites excluding steroid dienone is 1. The van der Waals surface area contributed by atoms with Crippen molar-refractivity contribution >= 4 is 23.3 Å². The highest BCUT2D eigenvalue weighted by Gasteiger charge is 2.42. The van der Waals surface area contributed by atoms with Crippen molar-refractivity contribution < 1.29 is 9.53 Å². The maximum atomic E-state index is 13.0. The number of hydrogen-bond acceptors (Lipinski definition) is 5. The van der Waals surface area contributed by atoms with Gasteiger partial charge in [-0.1, -0.05) is 48.5 Å². The number of carbonyl (C=O) groups excluding carboxylic acids is 1. The third-order valence-electron chi connectivity index (χ3n) is 7.14. The third-order valence-corrected chi connectivity index (χ3v) is 7.36. The minimum absolute atomic E-state index is 0.0626. The van der Waals surface area contributed by atoms with Crippen molar-refractivity contribution in [1.82, 2.24) is 19.6 Å². The van der Waals surface area contributed by atoms with Crippen molar-refractivity contribution in [2.24, 2.45) is 11.8 Å². The van der Waals surface area contributed by atoms with Crippen molar-refractivity contribution in [2.75, 3.05) is 38.1 Å². The van der Waals surface area contributed by atoms with Crippen LogP contribution in [0.2, 0.25) is 5.02 Å². The van der Waals surface area contributed by atoms with E-state index in [0.29, 0.717) is 23.5 Å². The van der Waals surface area contributed by atoms with Gasteiger partial charge in [-0.2, -0.15) is 9.78 Å². The molecule has 0 aliphatic carbocycles. The Morgan fingerprint density at radius 2 is 1.83 bits per heavy atom. The van der Waals surface area contributed by atoms with Gasteiger partial charge < -0.3 is 14.5 Å². The molecule has 0 bridgehead atoms. The first-order chi connectivity index (χ1) is 17.4. The van der Waals surface area contributed by atoms with Crippen LogP contribution in [0.3, 0.4) is 0 Å². The van der Waals surface area contributed by atoms with Gasteiger partial charge in [-0.25, -0.2) is 4.79 Å². The average Bonchev–Trinajstić information content (AvgIpc) is 3.57. The van der Waals surface area contributed by atoms with Crippen LogP contribution < -0.4 is 9.64 Å². The van der Waals surface area contributed by atoms with E-state index >= 15 is 0 Å². The monoisotopic (exact) mass is 505 g/mol. The van der Waals surface area contributed by atoms with Crippen LogP contribution in [0.1, 0.15) is 18.1 Å². The molecule has 5 rings (SSSR count). The van der Waals surface area contributed by atoms with E-state index in [0.717, 1.165) is 61.0 Å². The Balaban J connectivity index is 1.15. The molecule has 2 aromatic carbocycles. The molecule has 8 heteroatoms. The van der Waals surface area contributed by atoms with E-state index in [9.17, 15) is 4.79 Å². The number of rotatable bonds is 7. The fourth-order valence-corrected chi connectivity index (χ4v) is 5.37. The average molecular weight is 506 g/mol. The number of benzene rings is 2. The number of hydrogen-bond donors (Lipinski definition) is 0. The lowest BCUT2D eigenvalue weighted by Crippen LogP contribution is -2.36. The van der Waals surface area contributed by atoms with Crippen LogP contribution in [0.5, 0.6) is 5.75 Å². The van der Waals surface area contributed by atoms with E-state index in [1.807, 2.05) is 54.1 Å². The van der Waals surface area contributed by atoms with Crippen LogP contribution in [0, 0.1) is 11.8 Å². The summed E-state index contributed by atoms with van der Waals surface area (Å²) in [5.74, 6) is 1.72. The number of amides is 1. The first-order valence-corrected chi connectivity index (χ1v) is 12.7. The molecule has 2 fully saturated rings. The van der Waals surface area contributed by atoms with Gasteiger partial charge in [-0.15, -0.1) is 0 Å². The second-order valence-corrected chi connectivity index (χ2v) is 10.3. The van der Waals surface area contributed by atoms with Gasteiger partial charge in [0.1, 0.15) is 12.4 Å². The van der Waals surface area contributed by atoms with Gasteiger partial charge in [0.2, 0.25) is 0 Å². The second kappa shape index (κ2) is 10.4. The Morgan fingerprint density at radius 1 is 1.11 bits per heavy atom. The van der Waals surface area contributed by atoms with Crippen molar-refractivity contribution in [2.45, 2.75) is 20.1 Å². The van der Waals surface area contributed by atoms with Gasteiger partial charge in [0, 0.05) is 50.5 Å². The van der Waals surface area contributed by atoms with Crippen LogP contribution in [0.4, 0.5) is 10.5 Å². The highest BCUT2D eigenvalue weighted by atomic mass is 35.5. The molecule has 1 amide bonds. The molecule has 0 N–H and O–H groups in total. The summed E-state index contributed by atoms with van der Waals surface area (Å²) in [6.07, 6.45) is 3.47. The SMILES string of the molecule is C=C(C)N(C)c1cnn(C(=O)N2CC3CN(Cc4cc(Cl)cc(OCc5ccccc5)c4)CC3C2)c1. The molecule has 2 unspecified atom stereocenters. The molecule has 7 nitrogen and oxygen atoms in total. The van der Waals surface area contributed by atoms with Crippen molar-refractivity contribution in [3.05, 3.63) is 89.4 Å². The number of likely N-dealkylation sites (tertiary alicyclic amines) is 2.